The predicted molar refractivity (Wildman–Crippen MR) is 116 cm³/mol. The van der Waals surface area contributed by atoms with Gasteiger partial charge in [-0.2, -0.15) is 0 Å². The van der Waals surface area contributed by atoms with Crippen LogP contribution < -0.4 is 10.0 Å². The SMILES string of the molecule is Cc1nc2cc(NC(=O)c3cccc(NS(=O)(=O)c4ccccc4)c3)ccc2s1. The van der Waals surface area contributed by atoms with E-state index in [4.69, 9.17) is 0 Å². The zero-order valence-electron chi connectivity index (χ0n) is 15.4. The minimum atomic E-state index is -3.73. The van der Waals surface area contributed by atoms with Crippen LogP contribution >= 0.6 is 11.3 Å². The lowest BCUT2D eigenvalue weighted by Crippen LogP contribution is -2.15. The van der Waals surface area contributed by atoms with E-state index in [-0.39, 0.29) is 10.8 Å². The van der Waals surface area contributed by atoms with Crippen molar-refractivity contribution in [1.29, 1.82) is 0 Å². The second kappa shape index (κ2) is 7.65. The fourth-order valence-electron chi connectivity index (χ4n) is 2.86. The van der Waals surface area contributed by atoms with E-state index in [1.54, 1.807) is 47.7 Å². The second-order valence-electron chi connectivity index (χ2n) is 6.37. The molecule has 0 aliphatic heterocycles. The highest BCUT2D eigenvalue weighted by atomic mass is 32.2. The number of sulfonamides is 1. The molecule has 29 heavy (non-hydrogen) atoms. The molecule has 4 aromatic rings. The summed E-state index contributed by atoms with van der Waals surface area (Å²) in [6.07, 6.45) is 0. The van der Waals surface area contributed by atoms with Crippen molar-refractivity contribution in [3.63, 3.8) is 0 Å². The first-order valence-corrected chi connectivity index (χ1v) is 11.1. The van der Waals surface area contributed by atoms with Gasteiger partial charge in [0, 0.05) is 16.9 Å². The van der Waals surface area contributed by atoms with Gasteiger partial charge >= 0.3 is 0 Å². The highest BCUT2D eigenvalue weighted by Crippen LogP contribution is 2.25. The van der Waals surface area contributed by atoms with Crippen molar-refractivity contribution in [3.8, 4) is 0 Å². The third-order valence-electron chi connectivity index (χ3n) is 4.18. The van der Waals surface area contributed by atoms with E-state index < -0.39 is 10.0 Å². The first kappa shape index (κ1) is 19.1. The zero-order valence-corrected chi connectivity index (χ0v) is 17.0. The second-order valence-corrected chi connectivity index (χ2v) is 9.29. The standard InChI is InChI=1S/C21H17N3O3S2/c1-14-22-19-13-16(10-11-20(19)28-14)23-21(25)15-6-5-7-17(12-15)24-29(26,27)18-8-3-2-4-9-18/h2-13,24H,1H3,(H,23,25). The van der Waals surface area contributed by atoms with Crippen molar-refractivity contribution in [2.45, 2.75) is 11.8 Å². The monoisotopic (exact) mass is 423 g/mol. The number of nitrogens with one attached hydrogen (secondary N) is 2. The molecule has 4 rings (SSSR count). The Bertz CT molecular complexity index is 1300. The third-order valence-corrected chi connectivity index (χ3v) is 6.53. The van der Waals surface area contributed by atoms with Crippen molar-refractivity contribution in [3.05, 3.63) is 83.4 Å². The van der Waals surface area contributed by atoms with Crippen LogP contribution in [0.25, 0.3) is 10.2 Å². The Hall–Kier alpha value is -3.23. The summed E-state index contributed by atoms with van der Waals surface area (Å²) in [6.45, 7) is 1.94. The van der Waals surface area contributed by atoms with E-state index in [0.29, 0.717) is 16.9 Å². The molecule has 1 amide bonds. The van der Waals surface area contributed by atoms with Crippen LogP contribution in [0.2, 0.25) is 0 Å². The van der Waals surface area contributed by atoms with Crippen LogP contribution in [0.1, 0.15) is 15.4 Å². The quantitative estimate of drug-likeness (QED) is 0.489. The van der Waals surface area contributed by atoms with Gasteiger partial charge in [-0.15, -0.1) is 11.3 Å². The molecule has 0 spiro atoms. The number of hydrogen-bond donors (Lipinski definition) is 2. The van der Waals surface area contributed by atoms with Gasteiger partial charge < -0.3 is 5.32 Å². The van der Waals surface area contributed by atoms with E-state index in [1.807, 2.05) is 25.1 Å². The number of amides is 1. The van der Waals surface area contributed by atoms with E-state index in [1.165, 1.54) is 18.2 Å². The molecule has 8 heteroatoms. The van der Waals surface area contributed by atoms with Crippen molar-refractivity contribution in [2.24, 2.45) is 0 Å². The maximum Gasteiger partial charge on any atom is 0.261 e. The third kappa shape index (κ3) is 4.28. The van der Waals surface area contributed by atoms with Crippen molar-refractivity contribution >= 4 is 48.9 Å². The molecule has 0 saturated carbocycles. The Morgan fingerprint density at radius 2 is 1.72 bits per heavy atom. The summed E-state index contributed by atoms with van der Waals surface area (Å²) in [7, 11) is -3.73. The van der Waals surface area contributed by atoms with Gasteiger partial charge in [-0.25, -0.2) is 13.4 Å². The van der Waals surface area contributed by atoms with Crippen LogP contribution in [0.5, 0.6) is 0 Å². The molecule has 0 atom stereocenters. The van der Waals surface area contributed by atoms with Gasteiger partial charge in [0.05, 0.1) is 20.1 Å². The van der Waals surface area contributed by atoms with Gasteiger partial charge in [0.1, 0.15) is 0 Å². The van der Waals surface area contributed by atoms with E-state index in [9.17, 15) is 13.2 Å². The average Bonchev–Trinajstić information content (AvgIpc) is 3.08. The molecular formula is C21H17N3O3S2. The number of aryl methyl sites for hydroxylation is 1. The first-order valence-electron chi connectivity index (χ1n) is 8.77. The van der Waals surface area contributed by atoms with Crippen molar-refractivity contribution < 1.29 is 13.2 Å². The molecule has 1 heterocycles. The van der Waals surface area contributed by atoms with Crippen LogP contribution in [0.15, 0.2) is 77.7 Å². The molecule has 6 nitrogen and oxygen atoms in total. The number of aromatic nitrogens is 1. The highest BCUT2D eigenvalue weighted by Gasteiger charge is 2.15. The number of carbonyl (C=O) groups is 1. The lowest BCUT2D eigenvalue weighted by molar-refractivity contribution is 0.102. The topological polar surface area (TPSA) is 88.2 Å². The summed E-state index contributed by atoms with van der Waals surface area (Å²) in [4.78, 5) is 17.2. The maximum absolute atomic E-state index is 12.6. The molecule has 0 bridgehead atoms. The summed E-state index contributed by atoms with van der Waals surface area (Å²) in [5.74, 6) is -0.336. The largest absolute Gasteiger partial charge is 0.322 e. The fourth-order valence-corrected chi connectivity index (χ4v) is 4.74. The highest BCUT2D eigenvalue weighted by molar-refractivity contribution is 7.92. The summed E-state index contributed by atoms with van der Waals surface area (Å²) in [5, 5.41) is 3.79. The minimum Gasteiger partial charge on any atom is -0.322 e. The average molecular weight is 424 g/mol. The van der Waals surface area contributed by atoms with Gasteiger partial charge in [-0.3, -0.25) is 9.52 Å². The Morgan fingerprint density at radius 1 is 0.931 bits per heavy atom. The van der Waals surface area contributed by atoms with E-state index in [2.05, 4.69) is 15.0 Å². The molecule has 146 valence electrons. The number of benzene rings is 3. The number of hydrogen-bond acceptors (Lipinski definition) is 5. The molecule has 0 saturated heterocycles. The fraction of sp³-hybridized carbons (Fsp3) is 0.0476. The van der Waals surface area contributed by atoms with Crippen LogP contribution in [0.4, 0.5) is 11.4 Å². The number of anilines is 2. The summed E-state index contributed by atoms with van der Waals surface area (Å²) >= 11 is 1.59. The smallest absolute Gasteiger partial charge is 0.261 e. The van der Waals surface area contributed by atoms with Gasteiger partial charge in [0.2, 0.25) is 0 Å². The van der Waals surface area contributed by atoms with Crippen LogP contribution in [0.3, 0.4) is 0 Å². The Labute approximate surface area is 172 Å². The molecule has 3 aromatic carbocycles. The molecule has 0 radical (unpaired) electrons. The van der Waals surface area contributed by atoms with Gasteiger partial charge in [-0.1, -0.05) is 24.3 Å². The lowest BCUT2D eigenvalue weighted by atomic mass is 10.2. The molecule has 0 aliphatic rings. The summed E-state index contributed by atoms with van der Waals surface area (Å²) < 4.78 is 28.5. The van der Waals surface area contributed by atoms with Crippen LogP contribution in [-0.4, -0.2) is 19.3 Å². The van der Waals surface area contributed by atoms with Crippen LogP contribution in [0, 0.1) is 6.92 Å². The van der Waals surface area contributed by atoms with Gasteiger partial charge in [0.15, 0.2) is 0 Å². The molecular weight excluding hydrogens is 406 g/mol. The molecule has 0 unspecified atom stereocenters. The molecule has 0 fully saturated rings. The Balaban J connectivity index is 1.53. The number of thiazole rings is 1. The Morgan fingerprint density at radius 3 is 2.52 bits per heavy atom. The maximum atomic E-state index is 12.6. The van der Waals surface area contributed by atoms with E-state index in [0.717, 1.165) is 15.2 Å². The minimum absolute atomic E-state index is 0.154. The number of carbonyl (C=O) groups excluding carboxylic acids is 1. The van der Waals surface area contributed by atoms with Gasteiger partial charge in [0.25, 0.3) is 15.9 Å². The van der Waals surface area contributed by atoms with Crippen molar-refractivity contribution in [2.75, 3.05) is 10.0 Å². The summed E-state index contributed by atoms with van der Waals surface area (Å²) in [5.41, 5.74) is 2.11. The number of fused-ring (bicyclic) bond motifs is 1. The lowest BCUT2D eigenvalue weighted by Gasteiger charge is -2.10. The molecule has 1 aromatic heterocycles. The predicted octanol–water partition coefficient (Wildman–Crippen LogP) is 4.66. The number of nitrogens with zero attached hydrogens (tertiary/aromatic N) is 1. The van der Waals surface area contributed by atoms with E-state index >= 15 is 0 Å². The summed E-state index contributed by atoms with van der Waals surface area (Å²) in [6, 6.07) is 20.0. The first-order chi connectivity index (χ1) is 13.9. The van der Waals surface area contributed by atoms with Crippen molar-refractivity contribution in [1.82, 2.24) is 4.98 Å². The zero-order chi connectivity index (χ0) is 20.4. The van der Waals surface area contributed by atoms with Crippen LogP contribution in [-0.2, 0) is 10.0 Å². The molecule has 0 aliphatic carbocycles. The number of rotatable bonds is 5. The molecule has 2 N–H and O–H groups in total. The normalized spacial score (nSPS) is 11.3. The Kier molecular flexibility index (Phi) is 5.04. The van der Waals surface area contributed by atoms with Gasteiger partial charge in [-0.05, 0) is 55.5 Å².